The summed E-state index contributed by atoms with van der Waals surface area (Å²) in [5.74, 6) is 0.389. The molecule has 1 aromatic carbocycles. The number of fused-ring (bicyclic) bond motifs is 1. The number of rotatable bonds is 2. The molecule has 0 radical (unpaired) electrons. The van der Waals surface area contributed by atoms with E-state index in [0.29, 0.717) is 10.9 Å². The third-order valence-corrected chi connectivity index (χ3v) is 3.89. The number of benzene rings is 1. The molecule has 1 nitrogen and oxygen atoms in total. The fourth-order valence-corrected chi connectivity index (χ4v) is 3.31. The second kappa shape index (κ2) is 4.07. The molecule has 0 aliphatic rings. The van der Waals surface area contributed by atoms with E-state index in [-0.39, 0.29) is 6.61 Å². The van der Waals surface area contributed by atoms with Gasteiger partial charge in [0.15, 0.2) is 0 Å². The maximum absolute atomic E-state index is 9.15. The van der Waals surface area contributed by atoms with Gasteiger partial charge in [-0.1, -0.05) is 17.7 Å². The molecule has 0 saturated carbocycles. The molecule has 0 saturated heterocycles. The van der Waals surface area contributed by atoms with Crippen molar-refractivity contribution in [3.8, 4) is 0 Å². The Labute approximate surface area is 95.9 Å². The predicted molar refractivity (Wildman–Crippen MR) is 62.3 cm³/mol. The highest BCUT2D eigenvalue weighted by Crippen LogP contribution is 2.36. The number of hydrogen-bond donors (Lipinski definition) is 1. The highest BCUT2D eigenvalue weighted by Gasteiger charge is 2.12. The summed E-state index contributed by atoms with van der Waals surface area (Å²) in [6.45, 7) is 0.0255. The van der Waals surface area contributed by atoms with Crippen LogP contribution < -0.4 is 0 Å². The van der Waals surface area contributed by atoms with Gasteiger partial charge >= 0.3 is 0 Å². The summed E-state index contributed by atoms with van der Waals surface area (Å²) < 4.78 is 1.08. The van der Waals surface area contributed by atoms with E-state index in [1.807, 2.05) is 18.2 Å². The maximum atomic E-state index is 9.15. The number of aliphatic hydroxyl groups excluding tert-OH is 1. The van der Waals surface area contributed by atoms with Crippen LogP contribution >= 0.6 is 34.5 Å². The minimum Gasteiger partial charge on any atom is -0.391 e. The van der Waals surface area contributed by atoms with Gasteiger partial charge in [0.25, 0.3) is 0 Å². The molecule has 0 aliphatic carbocycles. The Bertz CT molecular complexity index is 464. The first-order valence-electron chi connectivity index (χ1n) is 4.13. The van der Waals surface area contributed by atoms with Crippen LogP contribution in [0.25, 0.3) is 10.1 Å². The number of thiophene rings is 1. The minimum atomic E-state index is 0.0255. The van der Waals surface area contributed by atoms with Crippen molar-refractivity contribution >= 4 is 44.6 Å². The molecule has 0 amide bonds. The van der Waals surface area contributed by atoms with Gasteiger partial charge in [0.05, 0.1) is 6.61 Å². The average molecular weight is 247 g/mol. The lowest BCUT2D eigenvalue weighted by Crippen LogP contribution is -1.84. The Kier molecular flexibility index (Phi) is 2.98. The quantitative estimate of drug-likeness (QED) is 0.800. The highest BCUT2D eigenvalue weighted by atomic mass is 35.5. The lowest BCUT2D eigenvalue weighted by atomic mass is 10.1. The van der Waals surface area contributed by atoms with Gasteiger partial charge in [-0.25, -0.2) is 0 Å². The van der Waals surface area contributed by atoms with E-state index in [2.05, 4.69) is 0 Å². The Balaban J connectivity index is 2.81. The number of hydrogen-bond acceptors (Lipinski definition) is 2. The molecule has 1 heterocycles. The van der Waals surface area contributed by atoms with E-state index in [1.165, 1.54) is 0 Å². The molecule has 74 valence electrons. The molecule has 1 N–H and O–H groups in total. The Morgan fingerprint density at radius 2 is 2.14 bits per heavy atom. The number of aliphatic hydroxyl groups is 1. The summed E-state index contributed by atoms with van der Waals surface area (Å²) in [7, 11) is 0. The molecule has 0 bridgehead atoms. The van der Waals surface area contributed by atoms with Crippen LogP contribution in [0.15, 0.2) is 18.2 Å². The summed E-state index contributed by atoms with van der Waals surface area (Å²) in [4.78, 5) is 0.906. The SMILES string of the molecule is OCc1sc2cccc(Cl)c2c1CCl. The Morgan fingerprint density at radius 1 is 1.36 bits per heavy atom. The van der Waals surface area contributed by atoms with Crippen molar-refractivity contribution in [1.29, 1.82) is 0 Å². The molecule has 0 unspecified atom stereocenters. The van der Waals surface area contributed by atoms with E-state index >= 15 is 0 Å². The van der Waals surface area contributed by atoms with Gasteiger partial charge in [0.2, 0.25) is 0 Å². The zero-order valence-electron chi connectivity index (χ0n) is 7.26. The van der Waals surface area contributed by atoms with Gasteiger partial charge < -0.3 is 5.11 Å². The molecule has 0 spiro atoms. The van der Waals surface area contributed by atoms with Gasteiger partial charge in [0, 0.05) is 25.9 Å². The fraction of sp³-hybridized carbons (Fsp3) is 0.200. The lowest BCUT2D eigenvalue weighted by molar-refractivity contribution is 0.285. The minimum absolute atomic E-state index is 0.0255. The molecule has 4 heteroatoms. The topological polar surface area (TPSA) is 20.2 Å². The number of halogens is 2. The smallest absolute Gasteiger partial charge is 0.0778 e. The third kappa shape index (κ3) is 1.52. The van der Waals surface area contributed by atoms with Crippen molar-refractivity contribution in [1.82, 2.24) is 0 Å². The summed E-state index contributed by atoms with van der Waals surface area (Å²) in [6, 6.07) is 5.73. The van der Waals surface area contributed by atoms with Crippen molar-refractivity contribution in [2.75, 3.05) is 0 Å². The largest absolute Gasteiger partial charge is 0.391 e. The van der Waals surface area contributed by atoms with Crippen molar-refractivity contribution in [2.45, 2.75) is 12.5 Å². The van der Waals surface area contributed by atoms with Crippen LogP contribution in [0.5, 0.6) is 0 Å². The van der Waals surface area contributed by atoms with Crippen molar-refractivity contribution in [3.05, 3.63) is 33.7 Å². The van der Waals surface area contributed by atoms with E-state index in [0.717, 1.165) is 20.5 Å². The molecule has 0 atom stereocenters. The highest BCUT2D eigenvalue weighted by molar-refractivity contribution is 7.19. The van der Waals surface area contributed by atoms with Crippen LogP contribution in [-0.4, -0.2) is 5.11 Å². The Morgan fingerprint density at radius 3 is 2.79 bits per heavy atom. The van der Waals surface area contributed by atoms with Crippen LogP contribution in [0.4, 0.5) is 0 Å². The second-order valence-electron chi connectivity index (χ2n) is 2.91. The van der Waals surface area contributed by atoms with Gasteiger partial charge in [0.1, 0.15) is 0 Å². The molecule has 14 heavy (non-hydrogen) atoms. The van der Waals surface area contributed by atoms with Crippen LogP contribution in [-0.2, 0) is 12.5 Å². The van der Waals surface area contributed by atoms with Crippen LogP contribution in [0.3, 0.4) is 0 Å². The Hall–Kier alpha value is -0.280. The summed E-state index contributed by atoms with van der Waals surface area (Å²) in [5, 5.41) is 10.8. The standard InChI is InChI=1S/C10H8Cl2OS/c11-4-6-9(5-13)14-8-3-1-2-7(12)10(6)8/h1-3,13H,4-5H2. The van der Waals surface area contributed by atoms with Gasteiger partial charge in [-0.3, -0.25) is 0 Å². The number of alkyl halides is 1. The second-order valence-corrected chi connectivity index (χ2v) is 4.72. The van der Waals surface area contributed by atoms with Crippen LogP contribution in [0, 0.1) is 0 Å². The molecule has 0 aliphatic heterocycles. The zero-order chi connectivity index (χ0) is 10.1. The van der Waals surface area contributed by atoms with E-state index in [1.54, 1.807) is 11.3 Å². The zero-order valence-corrected chi connectivity index (χ0v) is 9.59. The predicted octanol–water partition coefficient (Wildman–Crippen LogP) is 3.79. The fourth-order valence-electron chi connectivity index (χ4n) is 1.49. The first-order chi connectivity index (χ1) is 6.77. The van der Waals surface area contributed by atoms with E-state index in [9.17, 15) is 0 Å². The first kappa shape index (κ1) is 10.2. The van der Waals surface area contributed by atoms with Crippen molar-refractivity contribution in [2.24, 2.45) is 0 Å². The molecule has 0 fully saturated rings. The van der Waals surface area contributed by atoms with Crippen molar-refractivity contribution < 1.29 is 5.11 Å². The summed E-state index contributed by atoms with van der Waals surface area (Å²) >= 11 is 13.5. The molecule has 1 aromatic heterocycles. The van der Waals surface area contributed by atoms with Gasteiger partial charge in [-0.15, -0.1) is 22.9 Å². The average Bonchev–Trinajstić information content (AvgIpc) is 2.56. The normalized spacial score (nSPS) is 11.1. The first-order valence-corrected chi connectivity index (χ1v) is 5.86. The van der Waals surface area contributed by atoms with Gasteiger partial charge in [-0.05, 0) is 17.7 Å². The summed E-state index contributed by atoms with van der Waals surface area (Å²) in [5.41, 5.74) is 0.958. The monoisotopic (exact) mass is 246 g/mol. The summed E-state index contributed by atoms with van der Waals surface area (Å²) in [6.07, 6.45) is 0. The van der Waals surface area contributed by atoms with Crippen LogP contribution in [0.2, 0.25) is 5.02 Å². The molecule has 2 rings (SSSR count). The lowest BCUT2D eigenvalue weighted by Gasteiger charge is -1.98. The van der Waals surface area contributed by atoms with Crippen LogP contribution in [0.1, 0.15) is 10.4 Å². The van der Waals surface area contributed by atoms with E-state index in [4.69, 9.17) is 28.3 Å². The molecular formula is C10H8Cl2OS. The molecule has 2 aromatic rings. The van der Waals surface area contributed by atoms with Crippen molar-refractivity contribution in [3.63, 3.8) is 0 Å². The molecular weight excluding hydrogens is 239 g/mol. The maximum Gasteiger partial charge on any atom is 0.0778 e. The van der Waals surface area contributed by atoms with Gasteiger partial charge in [-0.2, -0.15) is 0 Å². The third-order valence-electron chi connectivity index (χ3n) is 2.12. The van der Waals surface area contributed by atoms with E-state index < -0.39 is 0 Å².